The second-order valence-corrected chi connectivity index (χ2v) is 5.64. The molecule has 1 heterocycles. The molecule has 1 N–H and O–H groups in total. The molecular formula is C15H20N4OS. The Morgan fingerprint density at radius 3 is 2.71 bits per heavy atom. The van der Waals surface area contributed by atoms with Crippen molar-refractivity contribution in [1.29, 1.82) is 0 Å². The van der Waals surface area contributed by atoms with Gasteiger partial charge in [-0.15, -0.1) is 11.8 Å². The first-order chi connectivity index (χ1) is 10.2. The Balaban J connectivity index is 2.05. The fourth-order valence-corrected chi connectivity index (χ4v) is 2.49. The lowest BCUT2D eigenvalue weighted by molar-refractivity contribution is 0.0937. The third-order valence-corrected chi connectivity index (χ3v) is 3.91. The van der Waals surface area contributed by atoms with Crippen LogP contribution in [0.15, 0.2) is 35.5 Å². The summed E-state index contributed by atoms with van der Waals surface area (Å²) in [7, 11) is 0. The van der Waals surface area contributed by atoms with Crippen molar-refractivity contribution in [3.8, 4) is 0 Å². The van der Waals surface area contributed by atoms with Crippen LogP contribution in [0.4, 0.5) is 0 Å². The molecule has 112 valence electrons. The maximum absolute atomic E-state index is 12.2. The molecule has 6 heteroatoms. The van der Waals surface area contributed by atoms with Gasteiger partial charge in [-0.2, -0.15) is 5.10 Å². The Labute approximate surface area is 129 Å². The first kappa shape index (κ1) is 15.6. The van der Waals surface area contributed by atoms with Gasteiger partial charge in [-0.05, 0) is 43.9 Å². The van der Waals surface area contributed by atoms with Crippen LogP contribution in [0.5, 0.6) is 0 Å². The average molecular weight is 304 g/mol. The predicted octanol–water partition coefficient (Wildman–Crippen LogP) is 2.90. The quantitative estimate of drug-likeness (QED) is 0.834. The molecule has 0 saturated carbocycles. The fourth-order valence-electron chi connectivity index (χ4n) is 2.08. The molecule has 21 heavy (non-hydrogen) atoms. The molecule has 1 amide bonds. The van der Waals surface area contributed by atoms with E-state index >= 15 is 0 Å². The van der Waals surface area contributed by atoms with Gasteiger partial charge in [0.2, 0.25) is 0 Å². The molecule has 0 aliphatic rings. The summed E-state index contributed by atoms with van der Waals surface area (Å²) in [5, 5.41) is 7.15. The summed E-state index contributed by atoms with van der Waals surface area (Å²) < 4.78 is 1.84. The molecule has 0 saturated heterocycles. The number of rotatable bonds is 6. The molecule has 0 aliphatic carbocycles. The van der Waals surface area contributed by atoms with Crippen LogP contribution in [0.3, 0.4) is 0 Å². The van der Waals surface area contributed by atoms with E-state index in [0.717, 1.165) is 23.7 Å². The monoisotopic (exact) mass is 304 g/mol. The maximum Gasteiger partial charge on any atom is 0.251 e. The van der Waals surface area contributed by atoms with Crippen molar-refractivity contribution in [3.05, 3.63) is 42.0 Å². The van der Waals surface area contributed by atoms with E-state index in [1.165, 1.54) is 6.33 Å². The number of benzene rings is 1. The standard InChI is InChI=1S/C15H20N4OS/c1-4-9-19-14(16-10-17-19)11(2)18-15(20)12-5-7-13(21-3)8-6-12/h5-8,10-11H,4,9H2,1-3H3,(H,18,20)/t11-/m1/s1. The maximum atomic E-state index is 12.2. The minimum absolute atomic E-state index is 0.0961. The second-order valence-electron chi connectivity index (χ2n) is 4.77. The number of hydrogen-bond donors (Lipinski definition) is 1. The zero-order valence-electron chi connectivity index (χ0n) is 12.5. The SMILES string of the molecule is CCCn1ncnc1[C@@H](C)NC(=O)c1ccc(SC)cc1. The first-order valence-corrected chi connectivity index (χ1v) is 8.20. The number of amides is 1. The van der Waals surface area contributed by atoms with Crippen LogP contribution in [-0.2, 0) is 6.54 Å². The molecule has 5 nitrogen and oxygen atoms in total. The van der Waals surface area contributed by atoms with E-state index in [0.29, 0.717) is 5.56 Å². The molecule has 0 unspecified atom stereocenters. The molecule has 2 aromatic rings. The third-order valence-electron chi connectivity index (χ3n) is 3.17. The normalized spacial score (nSPS) is 12.1. The van der Waals surface area contributed by atoms with Crippen LogP contribution in [0.1, 0.15) is 42.5 Å². The highest BCUT2D eigenvalue weighted by molar-refractivity contribution is 7.98. The number of carbonyl (C=O) groups excluding carboxylic acids is 1. The van der Waals surface area contributed by atoms with Crippen LogP contribution < -0.4 is 5.32 Å². The van der Waals surface area contributed by atoms with Crippen LogP contribution in [0.25, 0.3) is 0 Å². The summed E-state index contributed by atoms with van der Waals surface area (Å²) in [6.45, 7) is 4.81. The second kappa shape index (κ2) is 7.26. The highest BCUT2D eigenvalue weighted by Gasteiger charge is 2.16. The number of hydrogen-bond acceptors (Lipinski definition) is 4. The summed E-state index contributed by atoms with van der Waals surface area (Å²) >= 11 is 1.66. The van der Waals surface area contributed by atoms with Gasteiger partial charge in [-0.3, -0.25) is 4.79 Å². The van der Waals surface area contributed by atoms with Gasteiger partial charge in [0.1, 0.15) is 12.2 Å². The zero-order valence-corrected chi connectivity index (χ0v) is 13.4. The van der Waals surface area contributed by atoms with Crippen molar-refractivity contribution in [2.45, 2.75) is 37.8 Å². The molecule has 1 aromatic heterocycles. The van der Waals surface area contributed by atoms with Gasteiger partial charge in [0.25, 0.3) is 5.91 Å². The minimum Gasteiger partial charge on any atom is -0.342 e. The highest BCUT2D eigenvalue weighted by atomic mass is 32.2. The molecule has 0 spiro atoms. The number of aromatic nitrogens is 3. The summed E-state index contributed by atoms with van der Waals surface area (Å²) in [4.78, 5) is 17.6. The Morgan fingerprint density at radius 2 is 2.10 bits per heavy atom. The van der Waals surface area contributed by atoms with Gasteiger partial charge >= 0.3 is 0 Å². The van der Waals surface area contributed by atoms with E-state index in [2.05, 4.69) is 22.3 Å². The number of aryl methyl sites for hydroxylation is 1. The Hall–Kier alpha value is -1.82. The molecule has 2 rings (SSSR count). The van der Waals surface area contributed by atoms with Crippen molar-refractivity contribution >= 4 is 17.7 Å². The number of nitrogens with zero attached hydrogens (tertiary/aromatic N) is 3. The fraction of sp³-hybridized carbons (Fsp3) is 0.400. The van der Waals surface area contributed by atoms with Gasteiger partial charge in [-0.1, -0.05) is 6.92 Å². The molecule has 1 atom stereocenters. The van der Waals surface area contributed by atoms with Gasteiger partial charge in [-0.25, -0.2) is 9.67 Å². The van der Waals surface area contributed by atoms with Crippen LogP contribution in [0, 0.1) is 0 Å². The lowest BCUT2D eigenvalue weighted by Crippen LogP contribution is -2.29. The van der Waals surface area contributed by atoms with E-state index in [-0.39, 0.29) is 11.9 Å². The number of nitrogens with one attached hydrogen (secondary N) is 1. The Bertz CT molecular complexity index is 594. The van der Waals surface area contributed by atoms with Crippen molar-refractivity contribution in [2.24, 2.45) is 0 Å². The van der Waals surface area contributed by atoms with E-state index in [9.17, 15) is 4.79 Å². The first-order valence-electron chi connectivity index (χ1n) is 6.98. The van der Waals surface area contributed by atoms with Crippen molar-refractivity contribution in [3.63, 3.8) is 0 Å². The lowest BCUT2D eigenvalue weighted by Gasteiger charge is -2.14. The zero-order chi connectivity index (χ0) is 15.2. The Kier molecular flexibility index (Phi) is 5.38. The summed E-state index contributed by atoms with van der Waals surface area (Å²) in [6.07, 6.45) is 4.52. The van der Waals surface area contributed by atoms with E-state index in [1.54, 1.807) is 11.8 Å². The van der Waals surface area contributed by atoms with Gasteiger partial charge < -0.3 is 5.32 Å². The molecule has 0 bridgehead atoms. The van der Waals surface area contributed by atoms with Crippen molar-refractivity contribution < 1.29 is 4.79 Å². The van der Waals surface area contributed by atoms with Gasteiger partial charge in [0, 0.05) is 17.0 Å². The highest BCUT2D eigenvalue weighted by Crippen LogP contribution is 2.16. The topological polar surface area (TPSA) is 59.8 Å². The number of thioether (sulfide) groups is 1. The van der Waals surface area contributed by atoms with Crippen LogP contribution in [-0.4, -0.2) is 26.9 Å². The van der Waals surface area contributed by atoms with Gasteiger partial charge in [0.15, 0.2) is 0 Å². The third kappa shape index (κ3) is 3.85. The van der Waals surface area contributed by atoms with E-state index in [1.807, 2.05) is 42.1 Å². The molecule has 1 aromatic carbocycles. The summed E-state index contributed by atoms with van der Waals surface area (Å²) in [6, 6.07) is 7.40. The molecule has 0 fully saturated rings. The van der Waals surface area contributed by atoms with Gasteiger partial charge in [0.05, 0.1) is 6.04 Å². The lowest BCUT2D eigenvalue weighted by atomic mass is 10.2. The van der Waals surface area contributed by atoms with E-state index in [4.69, 9.17) is 0 Å². The number of carbonyl (C=O) groups is 1. The van der Waals surface area contributed by atoms with Crippen LogP contribution in [0.2, 0.25) is 0 Å². The Morgan fingerprint density at radius 1 is 1.38 bits per heavy atom. The van der Waals surface area contributed by atoms with E-state index < -0.39 is 0 Å². The minimum atomic E-state index is -0.174. The smallest absolute Gasteiger partial charge is 0.251 e. The molecular weight excluding hydrogens is 284 g/mol. The summed E-state index contributed by atoms with van der Waals surface area (Å²) in [5.74, 6) is 0.687. The molecule has 0 aliphatic heterocycles. The summed E-state index contributed by atoms with van der Waals surface area (Å²) in [5.41, 5.74) is 0.654. The largest absolute Gasteiger partial charge is 0.342 e. The molecule has 0 radical (unpaired) electrons. The van der Waals surface area contributed by atoms with Crippen LogP contribution >= 0.6 is 11.8 Å². The van der Waals surface area contributed by atoms with Crippen molar-refractivity contribution in [2.75, 3.05) is 6.26 Å². The predicted molar refractivity (Wildman–Crippen MR) is 84.4 cm³/mol. The average Bonchev–Trinajstić information content (AvgIpc) is 2.96. The van der Waals surface area contributed by atoms with Crippen molar-refractivity contribution in [1.82, 2.24) is 20.1 Å².